The van der Waals surface area contributed by atoms with Crippen LogP contribution in [0.25, 0.3) is 10.4 Å². The van der Waals surface area contributed by atoms with E-state index in [2.05, 4.69) is 21.5 Å². The molecule has 2 heterocycles. The van der Waals surface area contributed by atoms with Gasteiger partial charge in [0.15, 0.2) is 0 Å². The van der Waals surface area contributed by atoms with Crippen molar-refractivity contribution in [2.45, 2.75) is 58.8 Å². The van der Waals surface area contributed by atoms with Crippen LogP contribution in [0.5, 0.6) is 0 Å². The van der Waals surface area contributed by atoms with Gasteiger partial charge in [0.2, 0.25) is 17.7 Å². The number of terminal acetylenes is 1. The molecule has 234 valence electrons. The largest absolute Gasteiger partial charge is 0.391 e. The molecule has 1 aliphatic heterocycles. The fourth-order valence-electron chi connectivity index (χ4n) is 4.62. The second-order valence-electron chi connectivity index (χ2n) is 11.4. The van der Waals surface area contributed by atoms with Crippen molar-refractivity contribution in [1.29, 1.82) is 0 Å². The van der Waals surface area contributed by atoms with Gasteiger partial charge in [-0.15, -0.1) is 17.8 Å². The van der Waals surface area contributed by atoms with E-state index in [1.165, 1.54) is 4.90 Å². The lowest BCUT2D eigenvalue weighted by atomic mass is 9.85. The number of carbonyl (C=O) groups is 3. The molecule has 0 aliphatic carbocycles. The highest BCUT2D eigenvalue weighted by Crippen LogP contribution is 2.28. The van der Waals surface area contributed by atoms with Crippen LogP contribution >= 0.6 is 11.3 Å². The highest BCUT2D eigenvalue weighted by atomic mass is 32.1. The Labute approximate surface area is 257 Å². The van der Waals surface area contributed by atoms with Gasteiger partial charge in [-0.1, -0.05) is 51.0 Å². The van der Waals surface area contributed by atoms with Crippen LogP contribution in [-0.2, 0) is 35.1 Å². The third-order valence-electron chi connectivity index (χ3n) is 6.87. The lowest BCUT2D eigenvalue weighted by molar-refractivity contribution is -0.144. The number of hydrogen-bond acceptors (Lipinski definition) is 9. The molecule has 0 spiro atoms. The maximum atomic E-state index is 13.7. The van der Waals surface area contributed by atoms with Crippen LogP contribution in [0.15, 0.2) is 29.8 Å². The van der Waals surface area contributed by atoms with Gasteiger partial charge in [-0.25, -0.2) is 4.98 Å². The number of nitrogens with zero attached hydrogens (tertiary/aromatic N) is 2. The average molecular weight is 615 g/mol. The number of amides is 3. The summed E-state index contributed by atoms with van der Waals surface area (Å²) in [5.41, 5.74) is 4.07. The second kappa shape index (κ2) is 16.5. The molecule has 11 nitrogen and oxygen atoms in total. The molecular formula is C31H42N4O7S. The number of aliphatic hydroxyl groups excluding tert-OH is 1. The minimum absolute atomic E-state index is 0.00115. The standard InChI is InChI=1S/C31H42N4O7S/c1-6-11-40-12-13-41-14-15-42-19-26(37)34-28(31(3,4)5)30(39)35-18-24(36)16-25(35)29(38)32-17-22-7-9-23(10-8-22)27-21(2)33-20-43-27/h1,7-10,20,24-25,28,36H,11-19H2,2-5H3,(H,32,38)(H,34,37). The number of ether oxygens (including phenoxy) is 3. The lowest BCUT2D eigenvalue weighted by Gasteiger charge is -2.35. The van der Waals surface area contributed by atoms with Crippen molar-refractivity contribution in [2.75, 3.05) is 46.2 Å². The zero-order valence-corrected chi connectivity index (χ0v) is 26.1. The quantitative estimate of drug-likeness (QED) is 0.204. The van der Waals surface area contributed by atoms with Gasteiger partial charge >= 0.3 is 0 Å². The number of aliphatic hydroxyl groups is 1. The van der Waals surface area contributed by atoms with Gasteiger partial charge in [-0.05, 0) is 23.5 Å². The van der Waals surface area contributed by atoms with Crippen molar-refractivity contribution in [2.24, 2.45) is 5.41 Å². The molecule has 12 heteroatoms. The van der Waals surface area contributed by atoms with Crippen LogP contribution in [0, 0.1) is 24.7 Å². The van der Waals surface area contributed by atoms with E-state index in [4.69, 9.17) is 20.6 Å². The predicted octanol–water partition coefficient (Wildman–Crippen LogP) is 1.91. The summed E-state index contributed by atoms with van der Waals surface area (Å²) in [5, 5.41) is 16.1. The number of aryl methyl sites for hydroxylation is 1. The van der Waals surface area contributed by atoms with Gasteiger partial charge < -0.3 is 34.9 Å². The number of nitrogens with one attached hydrogen (secondary N) is 2. The monoisotopic (exact) mass is 614 g/mol. The molecule has 0 saturated carbocycles. The van der Waals surface area contributed by atoms with Crippen molar-refractivity contribution in [3.8, 4) is 22.8 Å². The summed E-state index contributed by atoms with van der Waals surface area (Å²) in [6.45, 7) is 8.85. The summed E-state index contributed by atoms with van der Waals surface area (Å²) in [4.78, 5) is 46.3. The van der Waals surface area contributed by atoms with Gasteiger partial charge in [0, 0.05) is 19.5 Å². The van der Waals surface area contributed by atoms with Gasteiger partial charge in [-0.2, -0.15) is 0 Å². The second-order valence-corrected chi connectivity index (χ2v) is 12.2. The highest BCUT2D eigenvalue weighted by molar-refractivity contribution is 7.13. The molecule has 1 saturated heterocycles. The van der Waals surface area contributed by atoms with E-state index in [1.54, 1.807) is 11.3 Å². The van der Waals surface area contributed by atoms with Crippen molar-refractivity contribution in [3.05, 3.63) is 41.0 Å². The van der Waals surface area contributed by atoms with Crippen molar-refractivity contribution in [1.82, 2.24) is 20.5 Å². The molecule has 1 aliphatic rings. The molecule has 3 atom stereocenters. The number of carbonyl (C=O) groups excluding carboxylic acids is 3. The zero-order chi connectivity index (χ0) is 31.4. The summed E-state index contributed by atoms with van der Waals surface area (Å²) >= 11 is 1.57. The van der Waals surface area contributed by atoms with Crippen molar-refractivity contribution in [3.63, 3.8) is 0 Å². The molecule has 1 aromatic heterocycles. The minimum atomic E-state index is -0.934. The smallest absolute Gasteiger partial charge is 0.246 e. The topological polar surface area (TPSA) is 139 Å². The first-order valence-electron chi connectivity index (χ1n) is 14.2. The fraction of sp³-hybridized carbons (Fsp3) is 0.548. The van der Waals surface area contributed by atoms with Crippen LogP contribution in [0.2, 0.25) is 0 Å². The van der Waals surface area contributed by atoms with Crippen LogP contribution in [0.4, 0.5) is 0 Å². The molecule has 0 radical (unpaired) electrons. The van der Waals surface area contributed by atoms with E-state index in [0.29, 0.717) is 13.2 Å². The molecule has 3 rings (SSSR count). The number of β-amino-alcohol motifs (C(OH)–C–C–N with tert-alkyl or cyclic N) is 1. The van der Waals surface area contributed by atoms with E-state index >= 15 is 0 Å². The Hall–Kier alpha value is -3.34. The van der Waals surface area contributed by atoms with Crippen LogP contribution in [-0.4, -0.2) is 97.1 Å². The van der Waals surface area contributed by atoms with Crippen molar-refractivity contribution >= 4 is 29.1 Å². The summed E-state index contributed by atoms with van der Waals surface area (Å²) in [7, 11) is 0. The normalized spacial score (nSPS) is 17.3. The van der Waals surface area contributed by atoms with E-state index in [9.17, 15) is 19.5 Å². The van der Waals surface area contributed by atoms with Gasteiger partial charge in [-0.3, -0.25) is 14.4 Å². The van der Waals surface area contributed by atoms with Crippen LogP contribution in [0.3, 0.4) is 0 Å². The highest BCUT2D eigenvalue weighted by Gasteiger charge is 2.44. The van der Waals surface area contributed by atoms with Gasteiger partial charge in [0.05, 0.1) is 48.6 Å². The molecule has 3 amide bonds. The molecule has 0 bridgehead atoms. The average Bonchev–Trinajstić information content (AvgIpc) is 3.58. The summed E-state index contributed by atoms with van der Waals surface area (Å²) in [6.07, 6.45) is 4.37. The van der Waals surface area contributed by atoms with E-state index in [0.717, 1.165) is 21.7 Å². The molecule has 43 heavy (non-hydrogen) atoms. The number of hydrogen-bond donors (Lipinski definition) is 3. The van der Waals surface area contributed by atoms with Gasteiger partial charge in [0.25, 0.3) is 0 Å². The molecule has 3 N–H and O–H groups in total. The van der Waals surface area contributed by atoms with E-state index in [-0.39, 0.29) is 51.8 Å². The number of benzene rings is 1. The third-order valence-corrected chi connectivity index (χ3v) is 7.85. The van der Waals surface area contributed by atoms with Crippen LogP contribution in [0.1, 0.15) is 38.4 Å². The summed E-state index contributed by atoms with van der Waals surface area (Å²) < 4.78 is 15.8. The third kappa shape index (κ3) is 10.4. The van der Waals surface area contributed by atoms with E-state index in [1.807, 2.05) is 57.5 Å². The van der Waals surface area contributed by atoms with E-state index < -0.39 is 35.4 Å². The number of likely N-dealkylation sites (tertiary alicyclic amines) is 1. The predicted molar refractivity (Wildman–Crippen MR) is 163 cm³/mol. The lowest BCUT2D eigenvalue weighted by Crippen LogP contribution is -2.58. The van der Waals surface area contributed by atoms with Gasteiger partial charge in [0.1, 0.15) is 25.3 Å². The summed E-state index contributed by atoms with van der Waals surface area (Å²) in [5.74, 6) is 1.10. The Morgan fingerprint density at radius 3 is 2.44 bits per heavy atom. The number of aromatic nitrogens is 1. The van der Waals surface area contributed by atoms with Crippen molar-refractivity contribution < 1.29 is 33.7 Å². The minimum Gasteiger partial charge on any atom is -0.391 e. The number of thiazole rings is 1. The Kier molecular flexibility index (Phi) is 13.1. The first kappa shape index (κ1) is 34.2. The number of rotatable bonds is 15. The SMILES string of the molecule is C#CCOCCOCCOCC(=O)NC(C(=O)N1CC(O)CC1C(=O)NCc1ccc(-c2scnc2C)cc1)C(C)(C)C. The maximum Gasteiger partial charge on any atom is 0.246 e. The first-order valence-corrected chi connectivity index (χ1v) is 15.1. The Morgan fingerprint density at radius 2 is 1.81 bits per heavy atom. The molecular weight excluding hydrogens is 572 g/mol. The Bertz CT molecular complexity index is 1250. The molecule has 1 fully saturated rings. The first-order chi connectivity index (χ1) is 20.5. The molecule has 2 aromatic rings. The molecule has 3 unspecified atom stereocenters. The Morgan fingerprint density at radius 1 is 1.14 bits per heavy atom. The molecule has 1 aromatic carbocycles. The summed E-state index contributed by atoms with van der Waals surface area (Å²) in [6, 6.07) is 6.06. The Balaban J connectivity index is 1.52. The van der Waals surface area contributed by atoms with Crippen LogP contribution < -0.4 is 10.6 Å². The maximum absolute atomic E-state index is 13.7. The fourth-order valence-corrected chi connectivity index (χ4v) is 5.43. The zero-order valence-electron chi connectivity index (χ0n) is 25.3.